The second-order valence-corrected chi connectivity index (χ2v) is 5.44. The molecule has 0 aromatic heterocycles. The highest BCUT2D eigenvalue weighted by Crippen LogP contribution is 2.25. The SMILES string of the molecule is COC(=O)c1cccc(NC2=CC(=O)N(CCO)C2=O)c1I. The van der Waals surface area contributed by atoms with Gasteiger partial charge in [-0.25, -0.2) is 4.79 Å². The largest absolute Gasteiger partial charge is 0.465 e. The molecular formula is C14H13IN2O5. The van der Waals surface area contributed by atoms with Crippen molar-refractivity contribution in [3.63, 3.8) is 0 Å². The van der Waals surface area contributed by atoms with Crippen molar-refractivity contribution in [2.75, 3.05) is 25.6 Å². The number of imide groups is 1. The lowest BCUT2D eigenvalue weighted by atomic mass is 10.2. The second kappa shape index (κ2) is 6.88. The van der Waals surface area contributed by atoms with Crippen molar-refractivity contribution in [1.82, 2.24) is 4.90 Å². The number of hydrogen-bond acceptors (Lipinski definition) is 6. The van der Waals surface area contributed by atoms with E-state index in [1.165, 1.54) is 13.2 Å². The zero-order valence-corrected chi connectivity index (χ0v) is 13.8. The van der Waals surface area contributed by atoms with Gasteiger partial charge in [-0.2, -0.15) is 0 Å². The van der Waals surface area contributed by atoms with E-state index in [0.29, 0.717) is 14.8 Å². The number of rotatable bonds is 5. The number of halogens is 1. The third-order valence-electron chi connectivity index (χ3n) is 3.01. The van der Waals surface area contributed by atoms with Crippen LogP contribution in [0, 0.1) is 3.57 Å². The maximum absolute atomic E-state index is 12.1. The summed E-state index contributed by atoms with van der Waals surface area (Å²) in [5.74, 6) is -1.49. The number of nitrogens with one attached hydrogen (secondary N) is 1. The Balaban J connectivity index is 2.25. The summed E-state index contributed by atoms with van der Waals surface area (Å²) in [5.41, 5.74) is 0.970. The zero-order valence-electron chi connectivity index (χ0n) is 11.6. The van der Waals surface area contributed by atoms with Gasteiger partial charge in [0.05, 0.1) is 35.1 Å². The molecule has 1 aliphatic rings. The molecule has 8 heteroatoms. The van der Waals surface area contributed by atoms with E-state index >= 15 is 0 Å². The molecule has 0 saturated carbocycles. The number of carbonyl (C=O) groups is 3. The Morgan fingerprint density at radius 1 is 1.41 bits per heavy atom. The molecule has 0 atom stereocenters. The quantitative estimate of drug-likeness (QED) is 0.418. The molecule has 2 N–H and O–H groups in total. The van der Waals surface area contributed by atoms with Crippen molar-refractivity contribution in [2.24, 2.45) is 0 Å². The number of hydrogen-bond donors (Lipinski definition) is 2. The van der Waals surface area contributed by atoms with Gasteiger partial charge in [-0.05, 0) is 34.7 Å². The Bertz CT molecular complexity index is 671. The van der Waals surface area contributed by atoms with Gasteiger partial charge in [-0.3, -0.25) is 14.5 Å². The summed E-state index contributed by atoms with van der Waals surface area (Å²) in [6.07, 6.45) is 1.17. The van der Waals surface area contributed by atoms with Gasteiger partial charge in [-0.1, -0.05) is 6.07 Å². The van der Waals surface area contributed by atoms with Crippen molar-refractivity contribution in [1.29, 1.82) is 0 Å². The Kier molecular flexibility index (Phi) is 5.14. The number of benzene rings is 1. The number of aliphatic hydroxyl groups excluding tert-OH is 1. The van der Waals surface area contributed by atoms with Crippen molar-refractivity contribution in [3.8, 4) is 0 Å². The van der Waals surface area contributed by atoms with Gasteiger partial charge in [0.25, 0.3) is 11.8 Å². The van der Waals surface area contributed by atoms with Gasteiger partial charge in [0.1, 0.15) is 5.70 Å². The van der Waals surface area contributed by atoms with E-state index in [0.717, 1.165) is 4.90 Å². The molecule has 0 fully saturated rings. The molecule has 0 radical (unpaired) electrons. The third kappa shape index (κ3) is 3.12. The Hall–Kier alpha value is -1.94. The topological polar surface area (TPSA) is 95.9 Å². The van der Waals surface area contributed by atoms with Gasteiger partial charge in [-0.15, -0.1) is 0 Å². The van der Waals surface area contributed by atoms with Crippen molar-refractivity contribution < 1.29 is 24.2 Å². The Morgan fingerprint density at radius 2 is 2.14 bits per heavy atom. The average Bonchev–Trinajstić information content (AvgIpc) is 2.76. The number of methoxy groups -OCH3 is 1. The number of ether oxygens (including phenoxy) is 1. The average molecular weight is 416 g/mol. The minimum atomic E-state index is -0.515. The monoisotopic (exact) mass is 416 g/mol. The number of aliphatic hydroxyl groups is 1. The summed E-state index contributed by atoms with van der Waals surface area (Å²) in [5, 5.41) is 11.7. The van der Waals surface area contributed by atoms with Gasteiger partial charge < -0.3 is 15.2 Å². The van der Waals surface area contributed by atoms with E-state index in [2.05, 4.69) is 10.1 Å². The van der Waals surface area contributed by atoms with E-state index in [1.54, 1.807) is 18.2 Å². The number of amides is 2. The maximum atomic E-state index is 12.1. The van der Waals surface area contributed by atoms with E-state index in [9.17, 15) is 14.4 Å². The molecular weight excluding hydrogens is 403 g/mol. The third-order valence-corrected chi connectivity index (χ3v) is 4.17. The molecule has 1 heterocycles. The predicted molar refractivity (Wildman–Crippen MR) is 86.0 cm³/mol. The first-order chi connectivity index (χ1) is 10.5. The minimum absolute atomic E-state index is 0.0569. The second-order valence-electron chi connectivity index (χ2n) is 4.36. The number of β-amino-alcohol motifs (C(OH)–C–C–N with tert-alkyl or cyclic N) is 1. The molecule has 0 aliphatic carbocycles. The number of nitrogens with zero attached hydrogens (tertiary/aromatic N) is 1. The summed E-state index contributed by atoms with van der Waals surface area (Å²) >= 11 is 1.96. The van der Waals surface area contributed by atoms with Crippen LogP contribution >= 0.6 is 22.6 Å². The maximum Gasteiger partial charge on any atom is 0.339 e. The molecule has 7 nitrogen and oxygen atoms in total. The first kappa shape index (κ1) is 16.4. The zero-order chi connectivity index (χ0) is 16.3. The van der Waals surface area contributed by atoms with Crippen LogP contribution in [-0.2, 0) is 14.3 Å². The Labute approximate surface area is 140 Å². The van der Waals surface area contributed by atoms with Crippen LogP contribution in [0.25, 0.3) is 0 Å². The van der Waals surface area contributed by atoms with Crippen LogP contribution in [0.2, 0.25) is 0 Å². The lowest BCUT2D eigenvalue weighted by Gasteiger charge is -2.14. The molecule has 2 rings (SSSR count). The molecule has 116 valence electrons. The first-order valence-corrected chi connectivity index (χ1v) is 7.39. The summed E-state index contributed by atoms with van der Waals surface area (Å²) in [7, 11) is 1.28. The number of anilines is 1. The van der Waals surface area contributed by atoms with Crippen LogP contribution in [0.4, 0.5) is 5.69 Å². The highest BCUT2D eigenvalue weighted by atomic mass is 127. The highest BCUT2D eigenvalue weighted by Gasteiger charge is 2.31. The van der Waals surface area contributed by atoms with Crippen LogP contribution in [-0.4, -0.2) is 48.1 Å². The molecule has 2 amide bonds. The summed E-state index contributed by atoms with van der Waals surface area (Å²) in [6.45, 7) is -0.355. The van der Waals surface area contributed by atoms with Gasteiger partial charge in [0.2, 0.25) is 0 Å². The van der Waals surface area contributed by atoms with Crippen LogP contribution in [0.5, 0.6) is 0 Å². The smallest absolute Gasteiger partial charge is 0.339 e. The molecule has 1 aromatic carbocycles. The normalized spacial score (nSPS) is 14.1. The van der Waals surface area contributed by atoms with Crippen LogP contribution in [0.3, 0.4) is 0 Å². The van der Waals surface area contributed by atoms with E-state index in [-0.39, 0.29) is 18.8 Å². The Morgan fingerprint density at radius 3 is 2.77 bits per heavy atom. The molecule has 0 spiro atoms. The molecule has 1 aromatic rings. The van der Waals surface area contributed by atoms with Crippen LogP contribution in [0.1, 0.15) is 10.4 Å². The standard InChI is InChI=1S/C14H13IN2O5/c1-22-14(21)8-3-2-4-9(12(8)15)16-10-7-11(19)17(5-6-18)13(10)20/h2-4,7,16,18H,5-6H2,1H3. The fourth-order valence-corrected chi connectivity index (χ4v) is 2.67. The fraction of sp³-hybridized carbons (Fsp3) is 0.214. The lowest BCUT2D eigenvalue weighted by Crippen LogP contribution is -2.34. The van der Waals surface area contributed by atoms with Crippen molar-refractivity contribution in [2.45, 2.75) is 0 Å². The lowest BCUT2D eigenvalue weighted by molar-refractivity contribution is -0.137. The summed E-state index contributed by atoms with van der Waals surface area (Å²) in [6, 6.07) is 4.93. The fourth-order valence-electron chi connectivity index (χ4n) is 1.95. The predicted octanol–water partition coefficient (Wildman–Crippen LogP) is 0.735. The van der Waals surface area contributed by atoms with Gasteiger partial charge in [0, 0.05) is 6.08 Å². The molecule has 0 saturated heterocycles. The van der Waals surface area contributed by atoms with Crippen LogP contribution < -0.4 is 5.32 Å². The summed E-state index contributed by atoms with van der Waals surface area (Å²) < 4.78 is 5.26. The molecule has 0 bridgehead atoms. The van der Waals surface area contributed by atoms with Crippen molar-refractivity contribution in [3.05, 3.63) is 39.1 Å². The van der Waals surface area contributed by atoms with Gasteiger partial charge >= 0.3 is 5.97 Å². The van der Waals surface area contributed by atoms with E-state index < -0.39 is 17.8 Å². The first-order valence-electron chi connectivity index (χ1n) is 6.31. The van der Waals surface area contributed by atoms with Gasteiger partial charge in [0.15, 0.2) is 0 Å². The highest BCUT2D eigenvalue weighted by molar-refractivity contribution is 14.1. The molecule has 0 unspecified atom stereocenters. The van der Waals surface area contributed by atoms with Crippen molar-refractivity contribution >= 4 is 46.1 Å². The molecule has 1 aliphatic heterocycles. The van der Waals surface area contributed by atoms with E-state index in [4.69, 9.17) is 5.11 Å². The minimum Gasteiger partial charge on any atom is -0.465 e. The van der Waals surface area contributed by atoms with E-state index in [1.807, 2.05) is 22.6 Å². The number of carbonyl (C=O) groups excluding carboxylic acids is 3. The van der Waals surface area contributed by atoms with Crippen LogP contribution in [0.15, 0.2) is 30.0 Å². The summed E-state index contributed by atoms with van der Waals surface area (Å²) in [4.78, 5) is 36.3. The number of esters is 1. The molecule has 22 heavy (non-hydrogen) atoms.